The molecule has 118 valence electrons. The molecule has 6 heteroatoms. The molecule has 2 rings (SSSR count). The zero-order chi connectivity index (χ0) is 15.9. The number of methoxy groups -OCH3 is 1. The number of hydrogen-bond acceptors (Lipinski definition) is 4. The first kappa shape index (κ1) is 16.0. The summed E-state index contributed by atoms with van der Waals surface area (Å²) in [5, 5.41) is 7.29. The van der Waals surface area contributed by atoms with Gasteiger partial charge in [-0.15, -0.1) is 0 Å². The van der Waals surface area contributed by atoms with Gasteiger partial charge in [0.1, 0.15) is 5.75 Å². The van der Waals surface area contributed by atoms with Crippen molar-refractivity contribution in [3.05, 3.63) is 47.8 Å². The molecule has 6 nitrogen and oxygen atoms in total. The summed E-state index contributed by atoms with van der Waals surface area (Å²) in [4.78, 5) is 13.9. The number of nitrogens with zero attached hydrogens (tertiary/aromatic N) is 3. The van der Waals surface area contributed by atoms with E-state index in [0.29, 0.717) is 18.7 Å². The van der Waals surface area contributed by atoms with E-state index >= 15 is 0 Å². The SMILES string of the molecule is CNCCN(C)C(=O)c1cnn(Cc2ccc(OC)cc2)c1. The topological polar surface area (TPSA) is 59.4 Å². The van der Waals surface area contributed by atoms with E-state index in [4.69, 9.17) is 4.74 Å². The van der Waals surface area contributed by atoms with E-state index in [-0.39, 0.29) is 5.91 Å². The van der Waals surface area contributed by atoms with Crippen LogP contribution in [0.3, 0.4) is 0 Å². The first-order valence-electron chi connectivity index (χ1n) is 7.19. The van der Waals surface area contributed by atoms with Crippen LogP contribution in [0, 0.1) is 0 Å². The van der Waals surface area contributed by atoms with Crippen molar-refractivity contribution in [2.24, 2.45) is 0 Å². The maximum absolute atomic E-state index is 12.2. The van der Waals surface area contributed by atoms with Crippen molar-refractivity contribution < 1.29 is 9.53 Å². The third-order valence-electron chi connectivity index (χ3n) is 3.43. The summed E-state index contributed by atoms with van der Waals surface area (Å²) in [5.41, 5.74) is 1.71. The Kier molecular flexibility index (Phi) is 5.55. The van der Waals surface area contributed by atoms with Gasteiger partial charge in [-0.25, -0.2) is 0 Å². The summed E-state index contributed by atoms with van der Waals surface area (Å²) >= 11 is 0. The van der Waals surface area contributed by atoms with Crippen LogP contribution in [0.25, 0.3) is 0 Å². The average molecular weight is 302 g/mol. The first-order chi connectivity index (χ1) is 10.6. The highest BCUT2D eigenvalue weighted by Crippen LogP contribution is 2.12. The highest BCUT2D eigenvalue weighted by Gasteiger charge is 2.13. The molecule has 0 aliphatic carbocycles. The summed E-state index contributed by atoms with van der Waals surface area (Å²) < 4.78 is 6.90. The summed E-state index contributed by atoms with van der Waals surface area (Å²) in [6, 6.07) is 7.80. The fraction of sp³-hybridized carbons (Fsp3) is 0.375. The zero-order valence-corrected chi connectivity index (χ0v) is 13.2. The van der Waals surface area contributed by atoms with Crippen molar-refractivity contribution in [2.45, 2.75) is 6.54 Å². The van der Waals surface area contributed by atoms with Crippen LogP contribution >= 0.6 is 0 Å². The molecule has 1 amide bonds. The van der Waals surface area contributed by atoms with Gasteiger partial charge in [0.05, 0.1) is 25.4 Å². The van der Waals surface area contributed by atoms with Crippen molar-refractivity contribution in [1.82, 2.24) is 20.0 Å². The Balaban J connectivity index is 1.99. The number of ether oxygens (including phenoxy) is 1. The Morgan fingerprint density at radius 3 is 2.73 bits per heavy atom. The molecule has 0 aliphatic rings. The third-order valence-corrected chi connectivity index (χ3v) is 3.43. The summed E-state index contributed by atoms with van der Waals surface area (Å²) in [5.74, 6) is 0.808. The zero-order valence-electron chi connectivity index (χ0n) is 13.2. The second kappa shape index (κ2) is 7.61. The summed E-state index contributed by atoms with van der Waals surface area (Å²) in [6.45, 7) is 2.05. The van der Waals surface area contributed by atoms with E-state index in [1.165, 1.54) is 0 Å². The molecule has 0 aliphatic heterocycles. The summed E-state index contributed by atoms with van der Waals surface area (Å²) in [7, 11) is 5.30. The average Bonchev–Trinajstić information content (AvgIpc) is 3.01. The molecule has 0 unspecified atom stereocenters. The number of carbonyl (C=O) groups is 1. The Morgan fingerprint density at radius 2 is 2.09 bits per heavy atom. The van der Waals surface area contributed by atoms with Crippen LogP contribution in [0.2, 0.25) is 0 Å². The molecule has 1 aromatic heterocycles. The van der Waals surface area contributed by atoms with Crippen LogP contribution in [-0.4, -0.2) is 54.9 Å². The molecule has 0 radical (unpaired) electrons. The number of likely N-dealkylation sites (N-methyl/N-ethyl adjacent to an activating group) is 2. The van der Waals surface area contributed by atoms with Gasteiger partial charge in [0.25, 0.3) is 5.91 Å². The van der Waals surface area contributed by atoms with Crippen molar-refractivity contribution in [3.63, 3.8) is 0 Å². The lowest BCUT2D eigenvalue weighted by Gasteiger charge is -2.15. The Hall–Kier alpha value is -2.34. The Labute approximate surface area is 130 Å². The molecule has 1 N–H and O–H groups in total. The van der Waals surface area contributed by atoms with Crippen LogP contribution in [0.5, 0.6) is 5.75 Å². The maximum atomic E-state index is 12.2. The van der Waals surface area contributed by atoms with Gasteiger partial charge >= 0.3 is 0 Å². The van der Waals surface area contributed by atoms with E-state index in [2.05, 4.69) is 10.4 Å². The lowest BCUT2D eigenvalue weighted by molar-refractivity contribution is 0.0797. The van der Waals surface area contributed by atoms with Gasteiger partial charge in [-0.05, 0) is 24.7 Å². The van der Waals surface area contributed by atoms with Crippen LogP contribution in [0.4, 0.5) is 0 Å². The number of carbonyl (C=O) groups excluding carboxylic acids is 1. The maximum Gasteiger partial charge on any atom is 0.256 e. The molecule has 0 atom stereocenters. The van der Waals surface area contributed by atoms with Crippen molar-refractivity contribution >= 4 is 5.91 Å². The number of amides is 1. The number of benzene rings is 1. The van der Waals surface area contributed by atoms with Crippen molar-refractivity contribution in [3.8, 4) is 5.75 Å². The second-order valence-corrected chi connectivity index (χ2v) is 5.10. The minimum Gasteiger partial charge on any atom is -0.497 e. The predicted octanol–water partition coefficient (Wildman–Crippen LogP) is 1.23. The number of aromatic nitrogens is 2. The molecule has 0 spiro atoms. The molecule has 0 fully saturated rings. The van der Waals surface area contributed by atoms with Crippen molar-refractivity contribution in [2.75, 3.05) is 34.3 Å². The molecule has 1 heterocycles. The largest absolute Gasteiger partial charge is 0.497 e. The van der Waals surface area contributed by atoms with E-state index in [0.717, 1.165) is 17.9 Å². The van der Waals surface area contributed by atoms with E-state index < -0.39 is 0 Å². The second-order valence-electron chi connectivity index (χ2n) is 5.10. The molecule has 0 saturated carbocycles. The highest BCUT2D eigenvalue weighted by molar-refractivity contribution is 5.93. The molecule has 0 bridgehead atoms. The lowest BCUT2D eigenvalue weighted by atomic mass is 10.2. The highest BCUT2D eigenvalue weighted by atomic mass is 16.5. The van der Waals surface area contributed by atoms with Crippen LogP contribution in [0.15, 0.2) is 36.7 Å². The normalized spacial score (nSPS) is 10.5. The molecule has 1 aromatic carbocycles. The van der Waals surface area contributed by atoms with Gasteiger partial charge in [-0.2, -0.15) is 5.10 Å². The predicted molar refractivity (Wildman–Crippen MR) is 85.2 cm³/mol. The smallest absolute Gasteiger partial charge is 0.256 e. The molecular weight excluding hydrogens is 280 g/mol. The number of hydrogen-bond donors (Lipinski definition) is 1. The fourth-order valence-corrected chi connectivity index (χ4v) is 2.08. The minimum absolute atomic E-state index is 0.0174. The fourth-order valence-electron chi connectivity index (χ4n) is 2.08. The van der Waals surface area contributed by atoms with Gasteiger partial charge in [-0.1, -0.05) is 12.1 Å². The van der Waals surface area contributed by atoms with Crippen LogP contribution < -0.4 is 10.1 Å². The molecule has 2 aromatic rings. The lowest BCUT2D eigenvalue weighted by Crippen LogP contribution is -2.32. The van der Waals surface area contributed by atoms with Gasteiger partial charge < -0.3 is 15.0 Å². The van der Waals surface area contributed by atoms with E-state index in [1.54, 1.807) is 36.1 Å². The van der Waals surface area contributed by atoms with Gasteiger partial charge in [-0.3, -0.25) is 9.48 Å². The standard InChI is InChI=1S/C16H22N4O2/c1-17-8-9-19(2)16(21)14-10-18-20(12-14)11-13-4-6-15(22-3)7-5-13/h4-7,10,12,17H,8-9,11H2,1-3H3. The summed E-state index contributed by atoms with van der Waals surface area (Å²) in [6.07, 6.45) is 3.39. The third kappa shape index (κ3) is 4.08. The van der Waals surface area contributed by atoms with Gasteiger partial charge in [0.15, 0.2) is 0 Å². The van der Waals surface area contributed by atoms with E-state index in [9.17, 15) is 4.79 Å². The van der Waals surface area contributed by atoms with Crippen LogP contribution in [-0.2, 0) is 6.54 Å². The van der Waals surface area contributed by atoms with Crippen LogP contribution in [0.1, 0.15) is 15.9 Å². The molecule has 0 saturated heterocycles. The Bertz CT molecular complexity index is 607. The Morgan fingerprint density at radius 1 is 1.36 bits per heavy atom. The minimum atomic E-state index is -0.0174. The number of rotatable bonds is 7. The number of nitrogens with one attached hydrogen (secondary N) is 1. The molecule has 22 heavy (non-hydrogen) atoms. The van der Waals surface area contributed by atoms with E-state index in [1.807, 2.05) is 31.3 Å². The van der Waals surface area contributed by atoms with Crippen molar-refractivity contribution in [1.29, 1.82) is 0 Å². The quantitative estimate of drug-likeness (QED) is 0.836. The monoisotopic (exact) mass is 302 g/mol. The molecular formula is C16H22N4O2. The van der Waals surface area contributed by atoms with Gasteiger partial charge in [0, 0.05) is 26.3 Å². The van der Waals surface area contributed by atoms with Gasteiger partial charge in [0.2, 0.25) is 0 Å². The first-order valence-corrected chi connectivity index (χ1v) is 7.19.